The summed E-state index contributed by atoms with van der Waals surface area (Å²) in [6, 6.07) is 11.2. The fourth-order valence-electron chi connectivity index (χ4n) is 3.82. The molecule has 0 fully saturated rings. The maximum atomic E-state index is 12.6. The average molecular weight is 353 g/mol. The second-order valence-electron chi connectivity index (χ2n) is 7.31. The number of carbonyl (C=O) groups excluding carboxylic acids is 1. The molecule has 2 aliphatic rings. The first kappa shape index (κ1) is 17.3. The highest BCUT2D eigenvalue weighted by atomic mass is 35.5. The molecule has 1 aromatic rings. The lowest BCUT2D eigenvalue weighted by Gasteiger charge is -2.41. The number of halogens is 1. The molecule has 3 rings (SSSR count). The van der Waals surface area contributed by atoms with E-state index in [0.29, 0.717) is 16.2 Å². The Morgan fingerprint density at radius 3 is 2.56 bits per heavy atom. The van der Waals surface area contributed by atoms with E-state index in [1.165, 1.54) is 0 Å². The average Bonchev–Trinajstić information content (AvgIpc) is 2.53. The second kappa shape index (κ2) is 5.76. The van der Waals surface area contributed by atoms with Gasteiger partial charge in [-0.05, 0) is 28.7 Å². The molecule has 0 heterocycles. The van der Waals surface area contributed by atoms with Crippen molar-refractivity contribution in [2.45, 2.75) is 32.6 Å². The quantitative estimate of drug-likeness (QED) is 0.800. The van der Waals surface area contributed by atoms with Gasteiger partial charge in [-0.2, -0.15) is 10.5 Å². The first-order valence-electron chi connectivity index (χ1n) is 8.01. The van der Waals surface area contributed by atoms with Gasteiger partial charge in [-0.15, -0.1) is 0 Å². The van der Waals surface area contributed by atoms with E-state index in [-0.39, 0.29) is 30.0 Å². The topological polar surface area (TPSA) is 84.9 Å². The first-order chi connectivity index (χ1) is 11.7. The van der Waals surface area contributed by atoms with Gasteiger partial charge in [0.05, 0.1) is 17.7 Å². The van der Waals surface area contributed by atoms with E-state index in [2.05, 4.69) is 12.1 Å². The van der Waals surface area contributed by atoms with Crippen LogP contribution in [0.3, 0.4) is 0 Å². The van der Waals surface area contributed by atoms with Gasteiger partial charge in [0.25, 0.3) is 0 Å². The number of Topliss-reactive ketones (excluding diaryl/α,β-unsaturated/α-hetero) is 1. The number of nitriles is 2. The predicted octanol–water partition coefficient (Wildman–Crippen LogP) is 4.60. The molecule has 0 aromatic heterocycles. The summed E-state index contributed by atoms with van der Waals surface area (Å²) in [5, 5.41) is 31.0. The van der Waals surface area contributed by atoms with Gasteiger partial charge in [-0.1, -0.05) is 43.7 Å². The first-order valence-corrected chi connectivity index (χ1v) is 8.39. The number of ketones is 1. The maximum absolute atomic E-state index is 12.6. The van der Waals surface area contributed by atoms with E-state index in [1.54, 1.807) is 30.3 Å². The Morgan fingerprint density at radius 1 is 1.28 bits per heavy atom. The van der Waals surface area contributed by atoms with E-state index in [1.807, 2.05) is 13.8 Å². The third kappa shape index (κ3) is 2.64. The van der Waals surface area contributed by atoms with Gasteiger partial charge in [0.1, 0.15) is 5.76 Å². The normalized spacial score (nSPS) is 24.0. The van der Waals surface area contributed by atoms with E-state index in [4.69, 9.17) is 11.6 Å². The summed E-state index contributed by atoms with van der Waals surface area (Å²) in [6.07, 6.45) is 2.09. The summed E-state index contributed by atoms with van der Waals surface area (Å²) >= 11 is 6.08. The number of benzene rings is 1. The van der Waals surface area contributed by atoms with Gasteiger partial charge >= 0.3 is 0 Å². The van der Waals surface area contributed by atoms with Gasteiger partial charge in [-0.25, -0.2) is 0 Å². The predicted molar refractivity (Wildman–Crippen MR) is 93.6 cm³/mol. The Kier molecular flexibility index (Phi) is 3.98. The lowest BCUT2D eigenvalue weighted by molar-refractivity contribution is -0.117. The number of hydrogen-bond acceptors (Lipinski definition) is 4. The molecule has 1 unspecified atom stereocenters. The maximum Gasteiger partial charge on any atom is 0.176 e. The Bertz CT molecular complexity index is 898. The number of aliphatic hydroxyl groups is 1. The van der Waals surface area contributed by atoms with Crippen LogP contribution in [-0.4, -0.2) is 10.9 Å². The van der Waals surface area contributed by atoms with Gasteiger partial charge in [0, 0.05) is 23.8 Å². The number of hydrogen-bond donors (Lipinski definition) is 1. The van der Waals surface area contributed by atoms with Gasteiger partial charge < -0.3 is 5.11 Å². The van der Waals surface area contributed by atoms with Crippen molar-refractivity contribution in [3.8, 4) is 12.1 Å². The fraction of sp³-hybridized carbons (Fsp3) is 0.350. The van der Waals surface area contributed by atoms with E-state index in [9.17, 15) is 20.4 Å². The third-order valence-corrected chi connectivity index (χ3v) is 5.17. The Labute approximate surface area is 151 Å². The lowest BCUT2D eigenvalue weighted by atomic mass is 9.58. The minimum Gasteiger partial charge on any atom is -0.512 e. The highest BCUT2D eigenvalue weighted by molar-refractivity contribution is 6.30. The molecule has 1 aromatic carbocycles. The van der Waals surface area contributed by atoms with Crippen molar-refractivity contribution in [3.63, 3.8) is 0 Å². The number of aliphatic hydroxyl groups excluding tert-OH is 1. The molecule has 5 heteroatoms. The van der Waals surface area contributed by atoms with Gasteiger partial charge in [0.2, 0.25) is 0 Å². The zero-order chi connectivity index (χ0) is 18.4. The fourth-order valence-corrected chi connectivity index (χ4v) is 4.02. The number of allylic oxidation sites excluding steroid dienone is 4. The van der Waals surface area contributed by atoms with Gasteiger partial charge in [0.15, 0.2) is 11.2 Å². The lowest BCUT2D eigenvalue weighted by Crippen LogP contribution is -2.39. The molecular weight excluding hydrogens is 336 g/mol. The summed E-state index contributed by atoms with van der Waals surface area (Å²) in [6.45, 7) is 3.77. The molecule has 0 saturated carbocycles. The number of nitrogens with zero attached hydrogens (tertiary/aromatic N) is 2. The van der Waals surface area contributed by atoms with Crippen LogP contribution in [0.4, 0.5) is 0 Å². The minimum atomic E-state index is -1.54. The standard InChI is InChI=1S/C20H17ClN2O2/c1-19(2)8-15-18(17(25)9-19)16(24)7-14(20(15,10-22)11-23)12-4-3-5-13(21)6-12/h3-6,8,14,24H,7,9H2,1-2H3. The van der Waals surface area contributed by atoms with Crippen molar-refractivity contribution < 1.29 is 9.90 Å². The zero-order valence-corrected chi connectivity index (χ0v) is 14.8. The molecule has 0 saturated heterocycles. The van der Waals surface area contributed by atoms with Crippen LogP contribution in [0.15, 0.2) is 47.2 Å². The Balaban J connectivity index is 2.31. The summed E-state index contributed by atoms with van der Waals surface area (Å²) in [7, 11) is 0. The molecule has 25 heavy (non-hydrogen) atoms. The Morgan fingerprint density at radius 2 is 1.96 bits per heavy atom. The second-order valence-corrected chi connectivity index (χ2v) is 7.75. The molecule has 1 N–H and O–H groups in total. The largest absolute Gasteiger partial charge is 0.512 e. The van der Waals surface area contributed by atoms with Crippen LogP contribution in [0.25, 0.3) is 0 Å². The Hall–Kier alpha value is -2.56. The van der Waals surface area contributed by atoms with Crippen LogP contribution in [0, 0.1) is 33.5 Å². The molecule has 126 valence electrons. The van der Waals surface area contributed by atoms with Crippen LogP contribution in [0.1, 0.15) is 38.2 Å². The van der Waals surface area contributed by atoms with Crippen molar-refractivity contribution in [1.29, 1.82) is 10.5 Å². The van der Waals surface area contributed by atoms with Crippen LogP contribution < -0.4 is 0 Å². The molecular formula is C20H17ClN2O2. The minimum absolute atomic E-state index is 0.0559. The number of rotatable bonds is 1. The van der Waals surface area contributed by atoms with Crippen molar-refractivity contribution >= 4 is 17.4 Å². The highest BCUT2D eigenvalue weighted by Crippen LogP contribution is 2.55. The van der Waals surface area contributed by atoms with Crippen molar-refractivity contribution in [2.24, 2.45) is 10.8 Å². The number of fused-ring (bicyclic) bond motifs is 1. The third-order valence-electron chi connectivity index (χ3n) is 4.94. The molecule has 0 aliphatic heterocycles. The van der Waals surface area contributed by atoms with E-state index >= 15 is 0 Å². The van der Waals surface area contributed by atoms with Crippen molar-refractivity contribution in [1.82, 2.24) is 0 Å². The molecule has 1 atom stereocenters. The zero-order valence-electron chi connectivity index (χ0n) is 14.0. The number of carbonyl (C=O) groups is 1. The SMILES string of the molecule is CC1(C)C=C2C(=C(O)CC(c3cccc(Cl)c3)C2(C#N)C#N)C(=O)C1. The van der Waals surface area contributed by atoms with E-state index < -0.39 is 16.7 Å². The molecule has 0 bridgehead atoms. The molecule has 4 nitrogen and oxygen atoms in total. The summed E-state index contributed by atoms with van der Waals surface area (Å²) in [5.74, 6) is -0.879. The monoisotopic (exact) mass is 352 g/mol. The van der Waals surface area contributed by atoms with E-state index in [0.717, 1.165) is 0 Å². The summed E-state index contributed by atoms with van der Waals surface area (Å²) in [5.41, 5.74) is -0.864. The summed E-state index contributed by atoms with van der Waals surface area (Å²) < 4.78 is 0. The van der Waals surface area contributed by atoms with Crippen LogP contribution in [0.5, 0.6) is 0 Å². The van der Waals surface area contributed by atoms with Crippen molar-refractivity contribution in [2.75, 3.05) is 0 Å². The van der Waals surface area contributed by atoms with Crippen molar-refractivity contribution in [3.05, 3.63) is 57.8 Å². The molecule has 0 spiro atoms. The van der Waals surface area contributed by atoms with Crippen LogP contribution >= 0.6 is 11.6 Å². The molecule has 2 aliphatic carbocycles. The van der Waals surface area contributed by atoms with Crippen LogP contribution in [-0.2, 0) is 4.79 Å². The highest BCUT2D eigenvalue weighted by Gasteiger charge is 2.53. The molecule has 0 radical (unpaired) electrons. The van der Waals surface area contributed by atoms with Crippen LogP contribution in [0.2, 0.25) is 5.02 Å². The summed E-state index contributed by atoms with van der Waals surface area (Å²) in [4.78, 5) is 12.6. The smallest absolute Gasteiger partial charge is 0.176 e. The van der Waals surface area contributed by atoms with Gasteiger partial charge in [-0.3, -0.25) is 4.79 Å². The molecule has 0 amide bonds.